The van der Waals surface area contributed by atoms with Crippen molar-refractivity contribution in [1.82, 2.24) is 14.7 Å². The summed E-state index contributed by atoms with van der Waals surface area (Å²) in [4.78, 5) is 26.7. The van der Waals surface area contributed by atoms with E-state index in [2.05, 4.69) is 5.10 Å². The van der Waals surface area contributed by atoms with Crippen LogP contribution in [-0.4, -0.2) is 39.6 Å². The molecule has 5 rings (SSSR count). The molecule has 3 aliphatic rings. The van der Waals surface area contributed by atoms with Gasteiger partial charge in [0.05, 0.1) is 29.1 Å². The molecule has 0 unspecified atom stereocenters. The van der Waals surface area contributed by atoms with Crippen LogP contribution in [0.4, 0.5) is 13.2 Å². The minimum absolute atomic E-state index is 0.0987. The minimum atomic E-state index is -4.41. The number of likely N-dealkylation sites (tertiary alicyclic amines) is 1. The van der Waals surface area contributed by atoms with Crippen LogP contribution in [0.15, 0.2) is 30.5 Å². The lowest BCUT2D eigenvalue weighted by atomic mass is 9.85. The number of alkyl halides is 3. The van der Waals surface area contributed by atoms with E-state index in [0.29, 0.717) is 24.4 Å². The zero-order chi connectivity index (χ0) is 24.0. The Kier molecular flexibility index (Phi) is 5.90. The van der Waals surface area contributed by atoms with Gasteiger partial charge in [-0.1, -0.05) is 18.2 Å². The first-order chi connectivity index (χ1) is 16.2. The third-order valence-corrected chi connectivity index (χ3v) is 7.65. The number of benzene rings is 1. The minimum Gasteiger partial charge on any atom is -0.369 e. The fourth-order valence-electron chi connectivity index (χ4n) is 5.68. The predicted molar refractivity (Wildman–Crippen MR) is 119 cm³/mol. The topological polar surface area (TPSA) is 81.2 Å². The smallest absolute Gasteiger partial charge is 0.369 e. The average molecular weight is 475 g/mol. The van der Waals surface area contributed by atoms with Crippen LogP contribution in [0.5, 0.6) is 0 Å². The van der Waals surface area contributed by atoms with E-state index in [9.17, 15) is 22.8 Å². The molecule has 1 aromatic heterocycles. The van der Waals surface area contributed by atoms with Gasteiger partial charge in [-0.3, -0.25) is 14.3 Å². The molecule has 0 bridgehead atoms. The van der Waals surface area contributed by atoms with Gasteiger partial charge in [-0.25, -0.2) is 0 Å². The molecule has 3 fully saturated rings. The zero-order valence-electron chi connectivity index (χ0n) is 18.9. The first kappa shape index (κ1) is 22.9. The maximum Gasteiger partial charge on any atom is 0.416 e. The summed E-state index contributed by atoms with van der Waals surface area (Å²) in [6.07, 6.45) is 2.76. The molecule has 1 atom stereocenters. The highest BCUT2D eigenvalue weighted by molar-refractivity contribution is 5.95. The lowest BCUT2D eigenvalue weighted by Gasteiger charge is -2.28. The van der Waals surface area contributed by atoms with Crippen molar-refractivity contribution in [2.45, 2.75) is 69.0 Å². The van der Waals surface area contributed by atoms with Crippen LogP contribution in [0.25, 0.3) is 0 Å². The van der Waals surface area contributed by atoms with Crippen molar-refractivity contribution >= 4 is 11.8 Å². The quantitative estimate of drug-likeness (QED) is 0.686. The Labute approximate surface area is 196 Å². The summed E-state index contributed by atoms with van der Waals surface area (Å²) >= 11 is 0. The highest BCUT2D eigenvalue weighted by atomic mass is 19.4. The van der Waals surface area contributed by atoms with E-state index in [1.165, 1.54) is 12.1 Å². The summed E-state index contributed by atoms with van der Waals surface area (Å²) in [6.45, 7) is 0.694. The summed E-state index contributed by atoms with van der Waals surface area (Å²) in [7, 11) is 0. The first-order valence-electron chi connectivity index (χ1n) is 12.1. The number of primary amides is 1. The molecule has 2 N–H and O–H groups in total. The molecule has 2 amide bonds. The normalized spacial score (nSPS) is 25.5. The van der Waals surface area contributed by atoms with Crippen molar-refractivity contribution in [3.8, 4) is 0 Å². The second kappa shape index (κ2) is 8.74. The number of nitrogens with two attached hydrogens (primary N) is 1. The third kappa shape index (κ3) is 4.32. The van der Waals surface area contributed by atoms with E-state index in [4.69, 9.17) is 5.73 Å². The van der Waals surface area contributed by atoms with E-state index in [1.54, 1.807) is 17.2 Å². The van der Waals surface area contributed by atoms with Crippen molar-refractivity contribution < 1.29 is 22.8 Å². The molecule has 9 heteroatoms. The molecule has 2 aliphatic carbocycles. The van der Waals surface area contributed by atoms with Gasteiger partial charge >= 0.3 is 6.18 Å². The van der Waals surface area contributed by atoms with Crippen molar-refractivity contribution in [2.75, 3.05) is 13.1 Å². The summed E-state index contributed by atoms with van der Waals surface area (Å²) in [5.74, 6) is -0.554. The molecule has 1 aliphatic heterocycles. The van der Waals surface area contributed by atoms with Gasteiger partial charge in [-0.15, -0.1) is 0 Å². The van der Waals surface area contributed by atoms with Crippen LogP contribution in [0.2, 0.25) is 0 Å². The molecule has 2 aromatic rings. The largest absolute Gasteiger partial charge is 0.416 e. The van der Waals surface area contributed by atoms with E-state index in [-0.39, 0.29) is 41.8 Å². The Hall–Kier alpha value is -2.84. The SMILES string of the molecule is NC(=O)C1CCC(n2ncc(C(=O)N3CC[C@@H](c4ccccc4C(F)(F)F)C3)c2C2CC2)CC1. The molecule has 2 saturated carbocycles. The van der Waals surface area contributed by atoms with Gasteiger partial charge in [0.15, 0.2) is 0 Å². The molecule has 2 heterocycles. The molecular formula is C25H29F3N4O2. The molecule has 6 nitrogen and oxygen atoms in total. The fourth-order valence-corrected chi connectivity index (χ4v) is 5.68. The predicted octanol–water partition coefficient (Wildman–Crippen LogP) is 4.63. The Morgan fingerprint density at radius 2 is 1.68 bits per heavy atom. The van der Waals surface area contributed by atoms with Gasteiger partial charge in [0.2, 0.25) is 5.91 Å². The number of hydrogen-bond acceptors (Lipinski definition) is 3. The number of rotatable bonds is 5. The van der Waals surface area contributed by atoms with Gasteiger partial charge < -0.3 is 10.6 Å². The van der Waals surface area contributed by atoms with Crippen molar-refractivity contribution in [1.29, 1.82) is 0 Å². The summed E-state index contributed by atoms with van der Waals surface area (Å²) in [6, 6.07) is 5.80. The van der Waals surface area contributed by atoms with Gasteiger partial charge in [-0.2, -0.15) is 18.3 Å². The van der Waals surface area contributed by atoms with Gasteiger partial charge in [-0.05, 0) is 56.6 Å². The second-order valence-corrected chi connectivity index (χ2v) is 9.89. The van der Waals surface area contributed by atoms with Crippen LogP contribution in [0.1, 0.15) is 90.0 Å². The Morgan fingerprint density at radius 3 is 2.32 bits per heavy atom. The van der Waals surface area contributed by atoms with Crippen LogP contribution in [0.3, 0.4) is 0 Å². The second-order valence-electron chi connectivity index (χ2n) is 9.89. The van der Waals surface area contributed by atoms with E-state index in [1.807, 2.05) is 4.68 Å². The number of nitrogens with zero attached hydrogens (tertiary/aromatic N) is 3. The van der Waals surface area contributed by atoms with Crippen LogP contribution in [0, 0.1) is 5.92 Å². The molecule has 182 valence electrons. The van der Waals surface area contributed by atoms with E-state index >= 15 is 0 Å². The zero-order valence-corrected chi connectivity index (χ0v) is 18.9. The lowest BCUT2D eigenvalue weighted by molar-refractivity contribution is -0.138. The summed E-state index contributed by atoms with van der Waals surface area (Å²) < 4.78 is 42.5. The molecule has 34 heavy (non-hydrogen) atoms. The number of halogens is 3. The third-order valence-electron chi connectivity index (χ3n) is 7.65. The molecule has 1 saturated heterocycles. The average Bonchev–Trinajstić information content (AvgIpc) is 3.36. The number of amides is 2. The van der Waals surface area contributed by atoms with E-state index < -0.39 is 11.7 Å². The molecular weight excluding hydrogens is 445 g/mol. The maximum absolute atomic E-state index is 13.5. The Balaban J connectivity index is 1.34. The number of carbonyl (C=O) groups excluding carboxylic acids is 2. The lowest BCUT2D eigenvalue weighted by Crippen LogP contribution is -2.30. The monoisotopic (exact) mass is 474 g/mol. The maximum atomic E-state index is 13.5. The van der Waals surface area contributed by atoms with Crippen molar-refractivity contribution in [3.05, 3.63) is 52.8 Å². The highest BCUT2D eigenvalue weighted by Gasteiger charge is 2.40. The fraction of sp³-hybridized carbons (Fsp3) is 0.560. The summed E-state index contributed by atoms with van der Waals surface area (Å²) in [5, 5.41) is 4.59. The molecule has 0 radical (unpaired) electrons. The van der Waals surface area contributed by atoms with E-state index in [0.717, 1.165) is 50.3 Å². The standard InChI is InChI=1S/C25H29F3N4O2/c26-25(27,28)21-4-2-1-3-19(21)17-11-12-31(14-17)24(34)20-13-30-32(22(20)15-5-6-15)18-9-7-16(8-10-18)23(29)33/h1-4,13,15-18H,5-12,14H2,(H2,29,33)/t16?,17-,18?/m1/s1. The Bertz CT molecular complexity index is 1080. The van der Waals surface area contributed by atoms with Gasteiger partial charge in [0.25, 0.3) is 5.91 Å². The van der Waals surface area contributed by atoms with Crippen molar-refractivity contribution in [2.24, 2.45) is 11.7 Å². The number of carbonyl (C=O) groups is 2. The summed E-state index contributed by atoms with van der Waals surface area (Å²) in [5.41, 5.74) is 6.63. The van der Waals surface area contributed by atoms with Gasteiger partial charge in [0, 0.05) is 30.8 Å². The Morgan fingerprint density at radius 1 is 0.971 bits per heavy atom. The molecule has 1 aromatic carbocycles. The van der Waals surface area contributed by atoms with Crippen LogP contribution >= 0.6 is 0 Å². The van der Waals surface area contributed by atoms with Gasteiger partial charge in [0.1, 0.15) is 0 Å². The van der Waals surface area contributed by atoms with Crippen molar-refractivity contribution in [3.63, 3.8) is 0 Å². The highest BCUT2D eigenvalue weighted by Crippen LogP contribution is 2.45. The number of hydrogen-bond donors (Lipinski definition) is 1. The molecule has 0 spiro atoms. The number of aromatic nitrogens is 2. The van der Waals surface area contributed by atoms with Crippen LogP contribution in [-0.2, 0) is 11.0 Å². The van der Waals surface area contributed by atoms with Crippen LogP contribution < -0.4 is 5.73 Å². The first-order valence-corrected chi connectivity index (χ1v) is 12.1.